The van der Waals surface area contributed by atoms with Gasteiger partial charge in [0, 0.05) is 23.3 Å². The number of rotatable bonds is 3. The fourth-order valence-electron chi connectivity index (χ4n) is 3.61. The molecule has 0 spiro atoms. The highest BCUT2D eigenvalue weighted by Gasteiger charge is 2.35. The van der Waals surface area contributed by atoms with Crippen molar-refractivity contribution < 1.29 is 17.6 Å². The van der Waals surface area contributed by atoms with Crippen molar-refractivity contribution in [3.05, 3.63) is 56.7 Å². The maximum Gasteiger partial charge on any atom is 0.263 e. The number of benzene rings is 2. The first kappa shape index (κ1) is 20.5. The van der Waals surface area contributed by atoms with Gasteiger partial charge in [0.15, 0.2) is 11.4 Å². The largest absolute Gasteiger partial charge is 0.459 e. The number of fused-ring (bicyclic) bond motifs is 3. The summed E-state index contributed by atoms with van der Waals surface area (Å²) < 4.78 is 33.9. The molecular weight excluding hydrogens is 457 g/mol. The van der Waals surface area contributed by atoms with Crippen molar-refractivity contribution in [1.82, 2.24) is 0 Å². The third-order valence-electron chi connectivity index (χ3n) is 4.81. The zero-order valence-electron chi connectivity index (χ0n) is 15.5. The molecule has 3 aromatic rings. The van der Waals surface area contributed by atoms with E-state index in [0.717, 1.165) is 0 Å². The summed E-state index contributed by atoms with van der Waals surface area (Å²) in [7, 11) is -4.03. The van der Waals surface area contributed by atoms with Crippen LogP contribution in [-0.4, -0.2) is 14.2 Å². The number of halogens is 3. The second kappa shape index (κ2) is 6.91. The van der Waals surface area contributed by atoms with Crippen LogP contribution in [0.1, 0.15) is 36.4 Å². The van der Waals surface area contributed by atoms with Crippen molar-refractivity contribution in [1.29, 1.82) is 0 Å². The summed E-state index contributed by atoms with van der Waals surface area (Å²) in [6.45, 7) is 3.99. The predicted molar refractivity (Wildman–Crippen MR) is 115 cm³/mol. The Kier molecular flexibility index (Phi) is 4.89. The van der Waals surface area contributed by atoms with Gasteiger partial charge in [0.1, 0.15) is 10.7 Å². The summed E-state index contributed by atoms with van der Waals surface area (Å²) >= 11 is 18.3. The SMILES string of the molecule is CC1(C)CC(=O)c2c(oc3c(Cl)cc(NS(=O)(=O)c4cc(Cl)ccc4Cl)cc23)C1. The minimum absolute atomic E-state index is 0.0344. The molecule has 0 saturated heterocycles. The van der Waals surface area contributed by atoms with E-state index in [2.05, 4.69) is 4.72 Å². The molecule has 0 saturated carbocycles. The van der Waals surface area contributed by atoms with Gasteiger partial charge in [0.2, 0.25) is 0 Å². The molecule has 9 heteroatoms. The highest BCUT2D eigenvalue weighted by atomic mass is 35.5. The molecule has 1 N–H and O–H groups in total. The van der Waals surface area contributed by atoms with Crippen LogP contribution in [0.15, 0.2) is 39.6 Å². The molecule has 0 radical (unpaired) electrons. The summed E-state index contributed by atoms with van der Waals surface area (Å²) in [4.78, 5) is 12.6. The Labute approximate surface area is 183 Å². The lowest BCUT2D eigenvalue weighted by Gasteiger charge is -2.27. The van der Waals surface area contributed by atoms with Crippen molar-refractivity contribution in [3.8, 4) is 0 Å². The van der Waals surface area contributed by atoms with E-state index in [1.54, 1.807) is 6.07 Å². The number of furan rings is 1. The number of ketones is 1. The van der Waals surface area contributed by atoms with Gasteiger partial charge in [-0.05, 0) is 35.7 Å². The van der Waals surface area contributed by atoms with Gasteiger partial charge in [-0.1, -0.05) is 48.7 Å². The Bertz CT molecular complexity index is 1280. The number of carbonyl (C=O) groups is 1. The molecule has 0 amide bonds. The third kappa shape index (κ3) is 3.75. The molecule has 1 heterocycles. The highest BCUT2D eigenvalue weighted by molar-refractivity contribution is 7.92. The monoisotopic (exact) mass is 471 g/mol. The second-order valence-corrected chi connectivity index (χ2v) is 10.8. The zero-order valence-corrected chi connectivity index (χ0v) is 18.6. The van der Waals surface area contributed by atoms with Gasteiger partial charge in [-0.3, -0.25) is 9.52 Å². The Hall–Kier alpha value is -1.73. The molecule has 0 bridgehead atoms. The lowest BCUT2D eigenvalue weighted by molar-refractivity contribution is 0.0906. The van der Waals surface area contributed by atoms with Crippen LogP contribution in [0.25, 0.3) is 11.0 Å². The maximum atomic E-state index is 12.8. The van der Waals surface area contributed by atoms with E-state index in [4.69, 9.17) is 39.2 Å². The van der Waals surface area contributed by atoms with Crippen LogP contribution in [-0.2, 0) is 16.4 Å². The Morgan fingerprint density at radius 3 is 2.48 bits per heavy atom. The number of carbonyl (C=O) groups excluding carboxylic acids is 1. The van der Waals surface area contributed by atoms with Gasteiger partial charge < -0.3 is 4.42 Å². The molecule has 0 unspecified atom stereocenters. The van der Waals surface area contributed by atoms with E-state index in [-0.39, 0.29) is 36.8 Å². The lowest BCUT2D eigenvalue weighted by atomic mass is 9.76. The van der Waals surface area contributed by atoms with Gasteiger partial charge in [-0.15, -0.1) is 0 Å². The highest BCUT2D eigenvalue weighted by Crippen LogP contribution is 2.42. The van der Waals surface area contributed by atoms with Crippen molar-refractivity contribution in [3.63, 3.8) is 0 Å². The number of nitrogens with one attached hydrogen (secondary N) is 1. The van der Waals surface area contributed by atoms with Crippen molar-refractivity contribution in [2.75, 3.05) is 4.72 Å². The van der Waals surface area contributed by atoms with Crippen molar-refractivity contribution >= 4 is 67.3 Å². The first-order valence-corrected chi connectivity index (χ1v) is 11.3. The topological polar surface area (TPSA) is 76.4 Å². The van der Waals surface area contributed by atoms with Crippen LogP contribution in [0.5, 0.6) is 0 Å². The van der Waals surface area contributed by atoms with Crippen molar-refractivity contribution in [2.24, 2.45) is 5.41 Å². The number of hydrogen-bond acceptors (Lipinski definition) is 4. The lowest BCUT2D eigenvalue weighted by Crippen LogP contribution is -2.25. The van der Waals surface area contributed by atoms with Crippen LogP contribution in [0.2, 0.25) is 15.1 Å². The summed E-state index contributed by atoms with van der Waals surface area (Å²) in [6, 6.07) is 7.15. The van der Waals surface area contributed by atoms with E-state index in [1.807, 2.05) is 13.8 Å². The molecule has 5 nitrogen and oxygen atoms in total. The molecule has 1 aliphatic rings. The van der Waals surface area contributed by atoms with E-state index in [9.17, 15) is 13.2 Å². The summed E-state index contributed by atoms with van der Waals surface area (Å²) in [5, 5.41) is 0.966. The summed E-state index contributed by atoms with van der Waals surface area (Å²) in [5.74, 6) is 0.519. The molecule has 4 rings (SSSR count). The molecule has 1 aromatic heterocycles. The summed E-state index contributed by atoms with van der Waals surface area (Å²) in [5.41, 5.74) is 0.812. The average Bonchev–Trinajstić information content (AvgIpc) is 2.94. The van der Waals surface area contributed by atoms with Crippen LogP contribution in [0, 0.1) is 5.41 Å². The molecule has 0 aliphatic heterocycles. The Morgan fingerprint density at radius 1 is 1.03 bits per heavy atom. The number of hydrogen-bond donors (Lipinski definition) is 1. The first-order chi connectivity index (χ1) is 13.5. The zero-order chi connectivity index (χ0) is 21.1. The van der Waals surface area contributed by atoms with Crippen LogP contribution in [0.4, 0.5) is 5.69 Å². The van der Waals surface area contributed by atoms with Gasteiger partial charge in [-0.25, -0.2) is 8.42 Å². The third-order valence-corrected chi connectivity index (χ3v) is 7.19. The van der Waals surface area contributed by atoms with E-state index in [1.165, 1.54) is 24.3 Å². The number of sulfonamides is 1. The fourth-order valence-corrected chi connectivity index (χ4v) is 5.67. The fraction of sp³-hybridized carbons (Fsp3) is 0.250. The quantitative estimate of drug-likeness (QED) is 0.482. The van der Waals surface area contributed by atoms with Crippen LogP contribution in [0.3, 0.4) is 0 Å². The number of Topliss-reactive ketones (excluding diaryl/α,β-unsaturated/α-hetero) is 1. The maximum absolute atomic E-state index is 12.8. The van der Waals surface area contributed by atoms with Gasteiger partial charge in [-0.2, -0.15) is 0 Å². The Balaban J connectivity index is 1.81. The van der Waals surface area contributed by atoms with Crippen LogP contribution >= 0.6 is 34.8 Å². The normalized spacial score (nSPS) is 16.1. The molecular formula is C20H16Cl3NO4S. The molecule has 0 fully saturated rings. The smallest absolute Gasteiger partial charge is 0.263 e. The van der Waals surface area contributed by atoms with Crippen molar-refractivity contribution in [2.45, 2.75) is 31.6 Å². The number of anilines is 1. The Morgan fingerprint density at radius 2 is 1.76 bits per heavy atom. The predicted octanol–water partition coefficient (Wildman–Crippen LogP) is 6.35. The minimum atomic E-state index is -4.03. The molecule has 1 aliphatic carbocycles. The molecule has 0 atom stereocenters. The second-order valence-electron chi connectivity index (χ2n) is 7.86. The summed E-state index contributed by atoms with van der Waals surface area (Å²) in [6.07, 6.45) is 0.971. The standard InChI is InChI=1S/C20H16Cl3NO4S/c1-20(2)8-15(25)18-12-6-11(7-14(23)19(12)28-16(18)9-20)24-29(26,27)17-5-10(21)3-4-13(17)22/h3-7,24H,8-9H2,1-2H3. The van der Waals surface area contributed by atoms with Gasteiger partial charge in [0.05, 0.1) is 21.3 Å². The molecule has 2 aromatic carbocycles. The molecule has 29 heavy (non-hydrogen) atoms. The van der Waals surface area contributed by atoms with E-state index < -0.39 is 10.0 Å². The van der Waals surface area contributed by atoms with Gasteiger partial charge in [0.25, 0.3) is 10.0 Å². The van der Waals surface area contributed by atoms with Crippen LogP contribution < -0.4 is 4.72 Å². The molecule has 152 valence electrons. The van der Waals surface area contributed by atoms with Gasteiger partial charge >= 0.3 is 0 Å². The minimum Gasteiger partial charge on any atom is -0.459 e. The first-order valence-electron chi connectivity index (χ1n) is 8.73. The van der Waals surface area contributed by atoms with E-state index >= 15 is 0 Å². The van der Waals surface area contributed by atoms with E-state index in [0.29, 0.717) is 35.1 Å². The average molecular weight is 473 g/mol.